The fourth-order valence-corrected chi connectivity index (χ4v) is 3.52. The Labute approximate surface area is 58.0 Å². The molecule has 0 spiro atoms. The number of hydrogen-bond acceptors (Lipinski definition) is 0. The molecular weight excluding hydrogens is 127 g/mol. The van der Waals surface area contributed by atoms with E-state index in [4.69, 9.17) is 0 Å². The van der Waals surface area contributed by atoms with Gasteiger partial charge in [0.15, 0.2) is 0 Å². The van der Waals surface area contributed by atoms with Gasteiger partial charge in [0.1, 0.15) is 0 Å². The molecule has 0 saturated carbocycles. The van der Waals surface area contributed by atoms with E-state index < -0.39 is 7.26 Å². The van der Waals surface area contributed by atoms with E-state index >= 15 is 0 Å². The van der Waals surface area contributed by atoms with Crippen molar-refractivity contribution < 1.29 is 0 Å². The summed E-state index contributed by atoms with van der Waals surface area (Å²) in [6, 6.07) is 0. The second-order valence-electron chi connectivity index (χ2n) is 2.75. The average molecular weight is 141 g/mol. The summed E-state index contributed by atoms with van der Waals surface area (Å²) in [4.78, 5) is 0. The van der Waals surface area contributed by atoms with Crippen LogP contribution in [0.15, 0.2) is 23.8 Å². The molecule has 1 heterocycles. The molecule has 9 heavy (non-hydrogen) atoms. The van der Waals surface area contributed by atoms with Gasteiger partial charge in [-0.3, -0.25) is 0 Å². The summed E-state index contributed by atoms with van der Waals surface area (Å²) in [7, 11) is -0.681. The van der Waals surface area contributed by atoms with Crippen molar-refractivity contribution >= 4 is 7.26 Å². The van der Waals surface area contributed by atoms with Crippen LogP contribution in [-0.2, 0) is 0 Å². The first-order chi connectivity index (χ1) is 4.27. The van der Waals surface area contributed by atoms with Crippen molar-refractivity contribution in [3.8, 4) is 0 Å². The highest BCUT2D eigenvalue weighted by atomic mass is 31.2. The Bertz CT molecular complexity index is 133. The van der Waals surface area contributed by atoms with Crippen molar-refractivity contribution in [2.45, 2.75) is 13.3 Å². The molecule has 0 unspecified atom stereocenters. The van der Waals surface area contributed by atoms with Crippen molar-refractivity contribution in [1.82, 2.24) is 0 Å². The topological polar surface area (TPSA) is 0 Å². The molecule has 1 aliphatic rings. The first-order valence-electron chi connectivity index (χ1n) is 3.49. The van der Waals surface area contributed by atoms with Crippen LogP contribution >= 0.6 is 7.26 Å². The minimum absolute atomic E-state index is 0.681. The highest BCUT2D eigenvalue weighted by Crippen LogP contribution is 2.60. The SMILES string of the molecule is CCC[P+]1(C)C=CC=C1. The van der Waals surface area contributed by atoms with Gasteiger partial charge in [0, 0.05) is 0 Å². The maximum absolute atomic E-state index is 2.39. The molecule has 1 rings (SSSR count). The van der Waals surface area contributed by atoms with Gasteiger partial charge in [-0.1, -0.05) is 6.92 Å². The molecule has 0 radical (unpaired) electrons. The summed E-state index contributed by atoms with van der Waals surface area (Å²) in [5.41, 5.74) is 0. The molecule has 0 aromatic heterocycles. The zero-order valence-electron chi connectivity index (χ0n) is 6.17. The van der Waals surface area contributed by atoms with Gasteiger partial charge in [0.25, 0.3) is 0 Å². The van der Waals surface area contributed by atoms with E-state index in [9.17, 15) is 0 Å². The van der Waals surface area contributed by atoms with Gasteiger partial charge in [-0.05, 0) is 18.6 Å². The Hall–Kier alpha value is -0.0900. The fraction of sp³-hybridized carbons (Fsp3) is 0.500. The van der Waals surface area contributed by atoms with Gasteiger partial charge < -0.3 is 0 Å². The van der Waals surface area contributed by atoms with Crippen molar-refractivity contribution in [3.05, 3.63) is 23.8 Å². The summed E-state index contributed by atoms with van der Waals surface area (Å²) in [5.74, 6) is 4.77. The van der Waals surface area contributed by atoms with Crippen LogP contribution in [0.25, 0.3) is 0 Å². The van der Waals surface area contributed by atoms with Crippen LogP contribution in [0.1, 0.15) is 13.3 Å². The molecule has 0 aliphatic carbocycles. The zero-order valence-corrected chi connectivity index (χ0v) is 7.07. The third-order valence-corrected chi connectivity index (χ3v) is 4.79. The van der Waals surface area contributed by atoms with Crippen molar-refractivity contribution in [1.29, 1.82) is 0 Å². The molecule has 0 amide bonds. The predicted octanol–water partition coefficient (Wildman–Crippen LogP) is 3.08. The Morgan fingerprint density at radius 3 is 2.22 bits per heavy atom. The monoisotopic (exact) mass is 141 g/mol. The van der Waals surface area contributed by atoms with Crippen LogP contribution in [0.2, 0.25) is 0 Å². The lowest BCUT2D eigenvalue weighted by atomic mass is 10.6. The Kier molecular flexibility index (Phi) is 2.08. The van der Waals surface area contributed by atoms with Crippen molar-refractivity contribution in [2.24, 2.45) is 0 Å². The molecule has 1 heteroatoms. The quantitative estimate of drug-likeness (QED) is 0.518. The molecule has 0 aromatic rings. The standard InChI is InChI=1S/C8H14P/c1-3-6-9(2)7-4-5-8-9/h4-5,7-8H,3,6H2,1-2H3/q+1. The second kappa shape index (κ2) is 2.66. The van der Waals surface area contributed by atoms with Crippen LogP contribution in [0, 0.1) is 0 Å². The van der Waals surface area contributed by atoms with E-state index in [1.807, 2.05) is 0 Å². The molecule has 50 valence electrons. The van der Waals surface area contributed by atoms with Gasteiger partial charge in [0.05, 0.1) is 31.7 Å². The summed E-state index contributed by atoms with van der Waals surface area (Å²) in [6.45, 7) is 4.64. The maximum Gasteiger partial charge on any atom is 0.0671 e. The molecule has 0 N–H and O–H groups in total. The van der Waals surface area contributed by atoms with Crippen molar-refractivity contribution in [3.63, 3.8) is 0 Å². The summed E-state index contributed by atoms with van der Waals surface area (Å²) >= 11 is 0. The van der Waals surface area contributed by atoms with Gasteiger partial charge in [-0.15, -0.1) is 0 Å². The minimum Gasteiger partial charge on any atom is -0.0619 e. The average Bonchev–Trinajstić information content (AvgIpc) is 2.16. The van der Waals surface area contributed by atoms with Gasteiger partial charge in [-0.2, -0.15) is 0 Å². The second-order valence-corrected chi connectivity index (χ2v) is 6.49. The Morgan fingerprint density at radius 1 is 1.22 bits per heavy atom. The Balaban J connectivity index is 2.53. The summed E-state index contributed by atoms with van der Waals surface area (Å²) in [6.07, 6.45) is 7.08. The van der Waals surface area contributed by atoms with E-state index in [1.165, 1.54) is 12.6 Å². The van der Waals surface area contributed by atoms with Gasteiger partial charge >= 0.3 is 0 Å². The smallest absolute Gasteiger partial charge is 0.0619 e. The normalized spacial score (nSPS) is 21.1. The van der Waals surface area contributed by atoms with Crippen LogP contribution in [0.3, 0.4) is 0 Å². The lowest BCUT2D eigenvalue weighted by Gasteiger charge is -2.08. The molecule has 0 atom stereocenters. The predicted molar refractivity (Wildman–Crippen MR) is 46.3 cm³/mol. The molecule has 0 fully saturated rings. The molecule has 0 bridgehead atoms. The zero-order chi connectivity index (χ0) is 6.74. The largest absolute Gasteiger partial charge is 0.0671 e. The third kappa shape index (κ3) is 1.66. The van der Waals surface area contributed by atoms with Gasteiger partial charge in [-0.25, -0.2) is 0 Å². The minimum atomic E-state index is -0.681. The van der Waals surface area contributed by atoms with Gasteiger partial charge in [0.2, 0.25) is 0 Å². The molecular formula is C8H14P+. The maximum atomic E-state index is 2.39. The number of rotatable bonds is 2. The fourth-order valence-electron chi connectivity index (χ4n) is 1.17. The van der Waals surface area contributed by atoms with E-state index in [1.54, 1.807) is 0 Å². The molecule has 0 aromatic carbocycles. The van der Waals surface area contributed by atoms with Crippen LogP contribution in [-0.4, -0.2) is 12.8 Å². The summed E-state index contributed by atoms with van der Waals surface area (Å²) < 4.78 is 0. The lowest BCUT2D eigenvalue weighted by Crippen LogP contribution is -1.85. The summed E-state index contributed by atoms with van der Waals surface area (Å²) in [5, 5.41) is 0. The van der Waals surface area contributed by atoms with Crippen molar-refractivity contribution in [2.75, 3.05) is 12.8 Å². The van der Waals surface area contributed by atoms with E-state index in [0.717, 1.165) is 0 Å². The molecule has 0 nitrogen and oxygen atoms in total. The van der Waals surface area contributed by atoms with Crippen LogP contribution in [0.4, 0.5) is 0 Å². The van der Waals surface area contributed by atoms with E-state index in [2.05, 4.69) is 37.4 Å². The first kappa shape index (κ1) is 7.02. The lowest BCUT2D eigenvalue weighted by molar-refractivity contribution is 1.09. The molecule has 1 aliphatic heterocycles. The Morgan fingerprint density at radius 2 is 1.78 bits per heavy atom. The number of allylic oxidation sites excluding steroid dienone is 2. The highest BCUT2D eigenvalue weighted by Gasteiger charge is 2.25. The van der Waals surface area contributed by atoms with Crippen LogP contribution < -0.4 is 0 Å². The molecule has 0 saturated heterocycles. The third-order valence-electron chi connectivity index (χ3n) is 1.67. The van der Waals surface area contributed by atoms with E-state index in [0.29, 0.717) is 0 Å². The number of hydrogen-bond donors (Lipinski definition) is 0. The highest BCUT2D eigenvalue weighted by molar-refractivity contribution is 7.81. The van der Waals surface area contributed by atoms with Crippen LogP contribution in [0.5, 0.6) is 0 Å². The first-order valence-corrected chi connectivity index (χ1v) is 6.05. The van der Waals surface area contributed by atoms with E-state index in [-0.39, 0.29) is 0 Å².